The minimum atomic E-state index is -0.660. The van der Waals surface area contributed by atoms with Crippen LogP contribution >= 0.6 is 11.6 Å². The number of halogens is 2. The molecule has 0 fully saturated rings. The molecule has 0 aliphatic rings. The summed E-state index contributed by atoms with van der Waals surface area (Å²) in [5.74, 6) is 4.32. The zero-order valence-electron chi connectivity index (χ0n) is 6.47. The van der Waals surface area contributed by atoms with E-state index < -0.39 is 11.8 Å². The Kier molecular flexibility index (Phi) is 3.05. The Balaban J connectivity index is 2.87. The molecule has 13 heavy (non-hydrogen) atoms. The van der Waals surface area contributed by atoms with Crippen LogP contribution in [0, 0.1) is 5.82 Å². The van der Waals surface area contributed by atoms with Gasteiger partial charge in [-0.1, -0.05) is 11.6 Å². The normalized spacial score (nSPS) is 9.46. The summed E-state index contributed by atoms with van der Waals surface area (Å²) in [6.07, 6.45) is 0. The molecule has 0 aromatic heterocycles. The summed E-state index contributed by atoms with van der Waals surface area (Å²) in [6.45, 7) is 0. The number of nitrogens with one attached hydrogen (secondary N) is 2. The van der Waals surface area contributed by atoms with Gasteiger partial charge in [-0.3, -0.25) is 5.43 Å². The molecule has 0 aliphatic heterocycles. The summed E-state index contributed by atoms with van der Waals surface area (Å²) in [4.78, 5) is 10.7. The van der Waals surface area contributed by atoms with E-state index in [4.69, 9.17) is 17.4 Å². The average molecular weight is 204 g/mol. The van der Waals surface area contributed by atoms with Crippen molar-refractivity contribution in [1.82, 2.24) is 5.43 Å². The molecule has 0 aliphatic carbocycles. The molecule has 1 rings (SSSR count). The van der Waals surface area contributed by atoms with Crippen molar-refractivity contribution in [3.8, 4) is 0 Å². The first-order valence-electron chi connectivity index (χ1n) is 3.36. The number of urea groups is 1. The third-order valence-electron chi connectivity index (χ3n) is 1.31. The lowest BCUT2D eigenvalue weighted by molar-refractivity contribution is 0.252. The number of nitrogens with two attached hydrogens (primary N) is 1. The van der Waals surface area contributed by atoms with Gasteiger partial charge in [-0.2, -0.15) is 0 Å². The van der Waals surface area contributed by atoms with Crippen LogP contribution in [0.3, 0.4) is 0 Å². The van der Waals surface area contributed by atoms with Crippen molar-refractivity contribution in [3.05, 3.63) is 29.0 Å². The molecule has 0 heterocycles. The number of hydrogen-bond acceptors (Lipinski definition) is 2. The smallest absolute Gasteiger partial charge is 0.305 e. The van der Waals surface area contributed by atoms with E-state index >= 15 is 0 Å². The largest absolute Gasteiger partial charge is 0.333 e. The molecule has 6 heteroatoms. The molecule has 0 spiro atoms. The van der Waals surface area contributed by atoms with Crippen LogP contribution in [0.15, 0.2) is 18.2 Å². The average Bonchev–Trinajstić information content (AvgIpc) is 2.11. The van der Waals surface area contributed by atoms with Gasteiger partial charge < -0.3 is 5.32 Å². The van der Waals surface area contributed by atoms with Crippen LogP contribution in [0.5, 0.6) is 0 Å². The van der Waals surface area contributed by atoms with Gasteiger partial charge in [0.05, 0.1) is 10.7 Å². The van der Waals surface area contributed by atoms with E-state index in [0.29, 0.717) is 0 Å². The number of hydrazine groups is 1. The number of anilines is 1. The van der Waals surface area contributed by atoms with Gasteiger partial charge in [0.25, 0.3) is 0 Å². The van der Waals surface area contributed by atoms with Crippen molar-refractivity contribution in [2.45, 2.75) is 0 Å². The van der Waals surface area contributed by atoms with Crippen molar-refractivity contribution in [1.29, 1.82) is 0 Å². The van der Waals surface area contributed by atoms with E-state index in [9.17, 15) is 9.18 Å². The minimum Gasteiger partial charge on any atom is -0.305 e. The highest BCUT2D eigenvalue weighted by Crippen LogP contribution is 2.21. The lowest BCUT2D eigenvalue weighted by Gasteiger charge is -2.05. The van der Waals surface area contributed by atoms with Crippen molar-refractivity contribution in [3.63, 3.8) is 0 Å². The molecule has 0 radical (unpaired) electrons. The van der Waals surface area contributed by atoms with E-state index in [1.165, 1.54) is 12.1 Å². The summed E-state index contributed by atoms with van der Waals surface area (Å²) >= 11 is 5.65. The first kappa shape index (κ1) is 9.76. The number of rotatable bonds is 1. The highest BCUT2D eigenvalue weighted by atomic mass is 35.5. The van der Waals surface area contributed by atoms with E-state index in [1.807, 2.05) is 5.43 Å². The molecule has 2 amide bonds. The highest BCUT2D eigenvalue weighted by molar-refractivity contribution is 6.33. The standard InChI is InChI=1S/C7H7ClFN3O/c8-5-2-1-4(9)3-6(5)11-7(13)12-10/h1-3H,10H2,(H2,11,12,13). The Morgan fingerprint density at radius 1 is 1.54 bits per heavy atom. The van der Waals surface area contributed by atoms with E-state index in [1.54, 1.807) is 0 Å². The third kappa shape index (κ3) is 2.57. The fourth-order valence-electron chi connectivity index (χ4n) is 0.752. The predicted octanol–water partition coefficient (Wildman–Crippen LogP) is 1.47. The zero-order valence-corrected chi connectivity index (χ0v) is 7.23. The molecule has 4 N–H and O–H groups in total. The maximum absolute atomic E-state index is 12.6. The van der Waals surface area contributed by atoms with Crippen LogP contribution in [0.1, 0.15) is 0 Å². The van der Waals surface area contributed by atoms with Crippen LogP contribution in [0.4, 0.5) is 14.9 Å². The molecule has 0 saturated heterocycles. The van der Waals surface area contributed by atoms with Gasteiger partial charge in [0, 0.05) is 0 Å². The third-order valence-corrected chi connectivity index (χ3v) is 1.64. The summed E-state index contributed by atoms with van der Waals surface area (Å²) in [5, 5.41) is 2.49. The van der Waals surface area contributed by atoms with Crippen molar-refractivity contribution < 1.29 is 9.18 Å². The molecule has 0 atom stereocenters. The van der Waals surface area contributed by atoms with Crippen LogP contribution in [0.25, 0.3) is 0 Å². The molecule has 1 aromatic rings. The second-order valence-electron chi connectivity index (χ2n) is 2.22. The fraction of sp³-hybridized carbons (Fsp3) is 0. The zero-order chi connectivity index (χ0) is 9.84. The number of benzene rings is 1. The van der Waals surface area contributed by atoms with Crippen LogP contribution in [-0.4, -0.2) is 6.03 Å². The maximum atomic E-state index is 12.6. The monoisotopic (exact) mass is 203 g/mol. The van der Waals surface area contributed by atoms with Gasteiger partial charge in [0.15, 0.2) is 0 Å². The van der Waals surface area contributed by atoms with Gasteiger partial charge in [0.2, 0.25) is 0 Å². The summed E-state index contributed by atoms with van der Waals surface area (Å²) < 4.78 is 12.6. The number of hydrogen-bond donors (Lipinski definition) is 3. The molecule has 4 nitrogen and oxygen atoms in total. The van der Waals surface area contributed by atoms with E-state index in [2.05, 4.69) is 5.32 Å². The predicted molar refractivity (Wildman–Crippen MR) is 47.8 cm³/mol. The fourth-order valence-corrected chi connectivity index (χ4v) is 0.916. The van der Waals surface area contributed by atoms with Gasteiger partial charge in [-0.15, -0.1) is 0 Å². The Morgan fingerprint density at radius 3 is 2.85 bits per heavy atom. The maximum Gasteiger partial charge on any atom is 0.333 e. The molecule has 0 saturated carbocycles. The topological polar surface area (TPSA) is 67.1 Å². The molecular formula is C7H7ClFN3O. The van der Waals surface area contributed by atoms with Gasteiger partial charge in [-0.25, -0.2) is 15.0 Å². The van der Waals surface area contributed by atoms with Crippen LogP contribution < -0.4 is 16.6 Å². The summed E-state index contributed by atoms with van der Waals surface area (Å²) in [6, 6.07) is 2.96. The molecule has 1 aromatic carbocycles. The van der Waals surface area contributed by atoms with Gasteiger partial charge >= 0.3 is 6.03 Å². The molecule has 70 valence electrons. The SMILES string of the molecule is NNC(=O)Nc1cc(F)ccc1Cl. The Morgan fingerprint density at radius 2 is 2.23 bits per heavy atom. The summed E-state index contributed by atoms with van der Waals surface area (Å²) in [7, 11) is 0. The second-order valence-corrected chi connectivity index (χ2v) is 2.63. The molecular weight excluding hydrogens is 197 g/mol. The quantitative estimate of drug-likeness (QED) is 0.368. The minimum absolute atomic E-state index is 0.171. The van der Waals surface area contributed by atoms with E-state index in [0.717, 1.165) is 6.07 Å². The van der Waals surface area contributed by atoms with Crippen molar-refractivity contribution in [2.24, 2.45) is 5.84 Å². The van der Waals surface area contributed by atoms with E-state index in [-0.39, 0.29) is 10.7 Å². The Hall–Kier alpha value is -1.33. The Labute approximate surface area is 78.8 Å². The Bertz CT molecular complexity index is 332. The van der Waals surface area contributed by atoms with Crippen LogP contribution in [-0.2, 0) is 0 Å². The lowest BCUT2D eigenvalue weighted by atomic mass is 10.3. The summed E-state index contributed by atoms with van der Waals surface area (Å²) in [5.41, 5.74) is 2.00. The number of carbonyl (C=O) groups is 1. The molecule has 0 unspecified atom stereocenters. The lowest BCUT2D eigenvalue weighted by Crippen LogP contribution is -2.34. The highest BCUT2D eigenvalue weighted by Gasteiger charge is 2.04. The van der Waals surface area contributed by atoms with Gasteiger partial charge in [0.1, 0.15) is 5.82 Å². The molecule has 0 bridgehead atoms. The number of carbonyl (C=O) groups excluding carboxylic acids is 1. The first-order valence-corrected chi connectivity index (χ1v) is 3.74. The van der Waals surface area contributed by atoms with Crippen molar-refractivity contribution in [2.75, 3.05) is 5.32 Å². The number of amides is 2. The first-order chi connectivity index (χ1) is 6.13. The van der Waals surface area contributed by atoms with Crippen molar-refractivity contribution >= 4 is 23.3 Å². The van der Waals surface area contributed by atoms with Crippen LogP contribution in [0.2, 0.25) is 5.02 Å². The second kappa shape index (κ2) is 4.06. The van der Waals surface area contributed by atoms with Gasteiger partial charge in [-0.05, 0) is 18.2 Å².